The summed E-state index contributed by atoms with van der Waals surface area (Å²) in [6.45, 7) is 7.05. The summed E-state index contributed by atoms with van der Waals surface area (Å²) in [6.07, 6.45) is -0.597. The molecule has 0 bridgehead atoms. The number of carbonyl (C=O) groups is 1. The first-order valence-electron chi connectivity index (χ1n) is 7.25. The highest BCUT2D eigenvalue weighted by Gasteiger charge is 2.19. The number of ether oxygens (including phenoxy) is 7. The third-order valence-electron chi connectivity index (χ3n) is 2.34. The van der Waals surface area contributed by atoms with E-state index in [0.717, 1.165) is 0 Å². The predicted octanol–water partition coefficient (Wildman–Crippen LogP) is 0.871. The van der Waals surface area contributed by atoms with Crippen LogP contribution in [0, 0.1) is 0 Å². The number of cyclic esters (lactones) is 2. The normalized spacial score (nSPS) is 16.7. The molecule has 0 saturated carbocycles. The Balaban J connectivity index is 0.000000518. The molecule has 1 fully saturated rings. The van der Waals surface area contributed by atoms with Gasteiger partial charge in [0.05, 0.1) is 52.9 Å². The maximum Gasteiger partial charge on any atom is 0.508 e. The van der Waals surface area contributed by atoms with Crippen LogP contribution in [0.15, 0.2) is 0 Å². The summed E-state index contributed by atoms with van der Waals surface area (Å²) in [6, 6.07) is 0. The third-order valence-corrected chi connectivity index (χ3v) is 2.34. The lowest BCUT2D eigenvalue weighted by atomic mass is 10.5. The molecule has 0 aromatic rings. The van der Waals surface area contributed by atoms with Crippen molar-refractivity contribution in [2.75, 3.05) is 73.7 Å². The van der Waals surface area contributed by atoms with E-state index in [-0.39, 0.29) is 6.10 Å². The van der Waals surface area contributed by atoms with Crippen LogP contribution in [0.5, 0.6) is 0 Å². The van der Waals surface area contributed by atoms with Crippen LogP contribution in [0.4, 0.5) is 4.79 Å². The van der Waals surface area contributed by atoms with Gasteiger partial charge in [-0.1, -0.05) is 0 Å². The molecular weight excluding hydrogens is 296 g/mol. The monoisotopic (exact) mass is 324 g/mol. The van der Waals surface area contributed by atoms with E-state index in [2.05, 4.69) is 9.47 Å². The summed E-state index contributed by atoms with van der Waals surface area (Å²) in [7, 11) is 3.30. The molecule has 0 aromatic heterocycles. The molecule has 1 unspecified atom stereocenters. The van der Waals surface area contributed by atoms with Gasteiger partial charge in [0, 0.05) is 14.2 Å². The van der Waals surface area contributed by atoms with Crippen LogP contribution in [-0.4, -0.2) is 85.9 Å². The second-order valence-electron chi connectivity index (χ2n) is 4.31. The summed E-state index contributed by atoms with van der Waals surface area (Å²) >= 11 is 0. The van der Waals surface area contributed by atoms with Gasteiger partial charge in [-0.25, -0.2) is 4.79 Å². The van der Waals surface area contributed by atoms with E-state index in [0.29, 0.717) is 59.5 Å². The zero-order valence-electron chi connectivity index (χ0n) is 13.7. The average molecular weight is 324 g/mol. The number of rotatable bonds is 12. The molecular formula is C14H28O8. The average Bonchev–Trinajstić information content (AvgIpc) is 2.89. The second-order valence-corrected chi connectivity index (χ2v) is 4.31. The van der Waals surface area contributed by atoms with Crippen molar-refractivity contribution in [2.45, 2.75) is 13.0 Å². The van der Waals surface area contributed by atoms with Gasteiger partial charge < -0.3 is 33.2 Å². The fourth-order valence-corrected chi connectivity index (χ4v) is 1.24. The van der Waals surface area contributed by atoms with E-state index in [1.54, 1.807) is 21.1 Å². The molecule has 1 aliphatic heterocycles. The second kappa shape index (κ2) is 16.4. The van der Waals surface area contributed by atoms with E-state index >= 15 is 0 Å². The van der Waals surface area contributed by atoms with Crippen LogP contribution in [0.2, 0.25) is 0 Å². The quantitative estimate of drug-likeness (QED) is 0.386. The number of hydrogen-bond acceptors (Lipinski definition) is 8. The molecule has 132 valence electrons. The van der Waals surface area contributed by atoms with Crippen molar-refractivity contribution in [3.05, 3.63) is 0 Å². The molecule has 8 nitrogen and oxygen atoms in total. The van der Waals surface area contributed by atoms with Gasteiger partial charge in [0.2, 0.25) is 0 Å². The number of methoxy groups -OCH3 is 2. The number of carbonyl (C=O) groups excluding carboxylic acids is 1. The van der Waals surface area contributed by atoms with Crippen LogP contribution >= 0.6 is 0 Å². The van der Waals surface area contributed by atoms with Crippen molar-refractivity contribution >= 4 is 6.16 Å². The third kappa shape index (κ3) is 15.5. The summed E-state index contributed by atoms with van der Waals surface area (Å²) in [4.78, 5) is 10.0. The molecule has 0 aliphatic carbocycles. The SMILES string of the molecule is CC1COC(=O)O1.COCCOCCOCCOCCOC. The standard InChI is InChI=1S/C10H22O5.C4H6O3/c1-11-3-5-13-7-9-15-10-8-14-6-4-12-2;1-3-2-6-4(5)7-3/h3-10H2,1-2H3;3H,2H2,1H3. The molecule has 0 radical (unpaired) electrons. The molecule has 1 heterocycles. The zero-order chi connectivity index (χ0) is 16.5. The first-order valence-corrected chi connectivity index (χ1v) is 7.25. The van der Waals surface area contributed by atoms with Crippen molar-refractivity contribution < 1.29 is 38.0 Å². The smallest absolute Gasteiger partial charge is 0.430 e. The minimum atomic E-state index is -0.549. The van der Waals surface area contributed by atoms with Crippen molar-refractivity contribution in [1.82, 2.24) is 0 Å². The molecule has 8 heteroatoms. The van der Waals surface area contributed by atoms with Gasteiger partial charge in [-0.15, -0.1) is 0 Å². The molecule has 1 aliphatic rings. The Labute approximate surface area is 131 Å². The summed E-state index contributed by atoms with van der Waals surface area (Å²) in [5.74, 6) is 0. The molecule has 1 saturated heterocycles. The van der Waals surface area contributed by atoms with Gasteiger partial charge in [-0.3, -0.25) is 0 Å². The van der Waals surface area contributed by atoms with Gasteiger partial charge in [0.15, 0.2) is 0 Å². The maximum atomic E-state index is 10.0. The zero-order valence-corrected chi connectivity index (χ0v) is 13.7. The maximum absolute atomic E-state index is 10.0. The van der Waals surface area contributed by atoms with Crippen molar-refractivity contribution in [3.63, 3.8) is 0 Å². The Kier molecular flexibility index (Phi) is 15.7. The Morgan fingerprint density at radius 2 is 1.27 bits per heavy atom. The van der Waals surface area contributed by atoms with Crippen LogP contribution in [0.1, 0.15) is 6.92 Å². The highest BCUT2D eigenvalue weighted by Crippen LogP contribution is 2.02. The molecule has 0 aromatic carbocycles. The van der Waals surface area contributed by atoms with Gasteiger partial charge in [0.1, 0.15) is 12.7 Å². The first kappa shape index (κ1) is 21.1. The van der Waals surface area contributed by atoms with E-state index in [9.17, 15) is 4.79 Å². The van der Waals surface area contributed by atoms with Crippen LogP contribution in [0.25, 0.3) is 0 Å². The van der Waals surface area contributed by atoms with Crippen LogP contribution in [-0.2, 0) is 33.2 Å². The Hall–Kier alpha value is -0.930. The van der Waals surface area contributed by atoms with Crippen LogP contribution in [0.3, 0.4) is 0 Å². The molecule has 0 N–H and O–H groups in total. The van der Waals surface area contributed by atoms with Gasteiger partial charge >= 0.3 is 6.16 Å². The van der Waals surface area contributed by atoms with E-state index in [4.69, 9.17) is 23.7 Å². The van der Waals surface area contributed by atoms with Crippen LogP contribution < -0.4 is 0 Å². The topological polar surface area (TPSA) is 81.7 Å². The molecule has 1 atom stereocenters. The summed E-state index contributed by atoms with van der Waals surface area (Å²) < 4.78 is 34.2. The van der Waals surface area contributed by atoms with Crippen molar-refractivity contribution in [3.8, 4) is 0 Å². The first-order chi connectivity index (χ1) is 10.7. The minimum absolute atomic E-state index is 0.0486. The van der Waals surface area contributed by atoms with Crippen molar-refractivity contribution in [2.24, 2.45) is 0 Å². The molecule has 22 heavy (non-hydrogen) atoms. The van der Waals surface area contributed by atoms with E-state index < -0.39 is 6.16 Å². The van der Waals surface area contributed by atoms with Gasteiger partial charge in [-0.05, 0) is 6.92 Å². The molecule has 1 rings (SSSR count). The fraction of sp³-hybridized carbons (Fsp3) is 0.929. The summed E-state index contributed by atoms with van der Waals surface area (Å²) in [5.41, 5.74) is 0. The van der Waals surface area contributed by atoms with E-state index in [1.165, 1.54) is 0 Å². The predicted molar refractivity (Wildman–Crippen MR) is 78.1 cm³/mol. The minimum Gasteiger partial charge on any atom is -0.430 e. The Bertz CT molecular complexity index is 237. The highest BCUT2D eigenvalue weighted by molar-refractivity contribution is 5.61. The highest BCUT2D eigenvalue weighted by atomic mass is 16.8. The Morgan fingerprint density at radius 3 is 1.50 bits per heavy atom. The largest absolute Gasteiger partial charge is 0.508 e. The van der Waals surface area contributed by atoms with E-state index in [1.807, 2.05) is 0 Å². The van der Waals surface area contributed by atoms with Crippen molar-refractivity contribution in [1.29, 1.82) is 0 Å². The molecule has 0 spiro atoms. The lowest BCUT2D eigenvalue weighted by molar-refractivity contribution is -0.00380. The van der Waals surface area contributed by atoms with Gasteiger partial charge in [0.25, 0.3) is 0 Å². The summed E-state index contributed by atoms with van der Waals surface area (Å²) in [5, 5.41) is 0. The van der Waals surface area contributed by atoms with Gasteiger partial charge in [-0.2, -0.15) is 0 Å². The lowest BCUT2D eigenvalue weighted by Gasteiger charge is -2.06. The number of hydrogen-bond donors (Lipinski definition) is 0. The lowest BCUT2D eigenvalue weighted by Crippen LogP contribution is -2.12. The molecule has 0 amide bonds. The Morgan fingerprint density at radius 1 is 0.864 bits per heavy atom. The fourth-order valence-electron chi connectivity index (χ4n) is 1.24.